The number of hydrogen-bond acceptors (Lipinski definition) is 3. The van der Waals surface area contributed by atoms with Crippen molar-refractivity contribution in [3.05, 3.63) is 70.0 Å². The Labute approximate surface area is 138 Å². The molecule has 4 nitrogen and oxygen atoms in total. The van der Waals surface area contributed by atoms with Crippen LogP contribution in [0.2, 0.25) is 5.02 Å². The molecule has 0 radical (unpaired) electrons. The molecule has 0 fully saturated rings. The van der Waals surface area contributed by atoms with E-state index in [-0.39, 0.29) is 25.0 Å². The Hall–Kier alpha value is -2.24. The van der Waals surface area contributed by atoms with E-state index in [1.807, 2.05) is 0 Å². The molecule has 0 aliphatic carbocycles. The maximum absolute atomic E-state index is 13.8. The molecule has 3 rings (SSSR count). The molecule has 6 heteroatoms. The zero-order chi connectivity index (χ0) is 16.6. The number of amides is 2. The van der Waals surface area contributed by atoms with E-state index in [2.05, 4.69) is 0 Å². The molecule has 1 aliphatic heterocycles. The molecule has 2 aromatic carbocycles. The Bertz CT molecular complexity index is 739. The van der Waals surface area contributed by atoms with Crippen molar-refractivity contribution in [1.29, 1.82) is 0 Å². The molecule has 1 heterocycles. The minimum atomic E-state index is -0.410. The molecular formula is C17H14ClFN2O2. The van der Waals surface area contributed by atoms with Crippen molar-refractivity contribution < 1.29 is 14.0 Å². The summed E-state index contributed by atoms with van der Waals surface area (Å²) in [6.45, 7) is 0.260. The van der Waals surface area contributed by atoms with Crippen molar-refractivity contribution in [2.75, 3.05) is 13.7 Å². The summed E-state index contributed by atoms with van der Waals surface area (Å²) in [6, 6.07) is 11.2. The summed E-state index contributed by atoms with van der Waals surface area (Å²) in [5.74, 6) is -1.08. The normalized spacial score (nSPS) is 13.8. The van der Waals surface area contributed by atoms with Crippen molar-refractivity contribution in [3.63, 3.8) is 0 Å². The van der Waals surface area contributed by atoms with Crippen LogP contribution in [-0.4, -0.2) is 35.3 Å². The van der Waals surface area contributed by atoms with E-state index < -0.39 is 5.82 Å². The standard InChI is InChI=1S/C17H14ClFN2O2/c1-20(9-13-14(18)7-4-8-15(13)19)10-21-16(22)11-5-2-3-6-12(11)17(21)23/h2-8H,9-10H2,1H3. The van der Waals surface area contributed by atoms with Crippen molar-refractivity contribution >= 4 is 23.4 Å². The number of carbonyl (C=O) groups is 2. The zero-order valence-corrected chi connectivity index (χ0v) is 13.2. The van der Waals surface area contributed by atoms with Gasteiger partial charge >= 0.3 is 0 Å². The summed E-state index contributed by atoms with van der Waals surface area (Å²) < 4.78 is 13.8. The first-order chi connectivity index (χ1) is 11.0. The molecule has 0 unspecified atom stereocenters. The van der Waals surface area contributed by atoms with E-state index in [1.165, 1.54) is 12.1 Å². The van der Waals surface area contributed by atoms with E-state index >= 15 is 0 Å². The van der Waals surface area contributed by atoms with Gasteiger partial charge < -0.3 is 0 Å². The van der Waals surface area contributed by atoms with Crippen molar-refractivity contribution in [1.82, 2.24) is 9.80 Å². The molecule has 0 saturated carbocycles. The first-order valence-electron chi connectivity index (χ1n) is 7.05. The van der Waals surface area contributed by atoms with Crippen LogP contribution in [0.15, 0.2) is 42.5 Å². The Morgan fingerprint density at radius 3 is 2.22 bits per heavy atom. The monoisotopic (exact) mass is 332 g/mol. The fourth-order valence-corrected chi connectivity index (χ4v) is 2.84. The van der Waals surface area contributed by atoms with E-state index in [0.717, 1.165) is 4.90 Å². The number of hydrogen-bond donors (Lipinski definition) is 0. The van der Waals surface area contributed by atoms with Crippen LogP contribution in [0, 0.1) is 5.82 Å². The Balaban J connectivity index is 1.76. The van der Waals surface area contributed by atoms with Gasteiger partial charge in [0.15, 0.2) is 0 Å². The van der Waals surface area contributed by atoms with Crippen LogP contribution < -0.4 is 0 Å². The number of nitrogens with zero attached hydrogens (tertiary/aromatic N) is 2. The third kappa shape index (κ3) is 2.85. The molecule has 0 saturated heterocycles. The maximum Gasteiger partial charge on any atom is 0.262 e. The largest absolute Gasteiger partial charge is 0.284 e. The average Bonchev–Trinajstić information content (AvgIpc) is 2.77. The van der Waals surface area contributed by atoms with Crippen molar-refractivity contribution in [3.8, 4) is 0 Å². The lowest BCUT2D eigenvalue weighted by atomic mass is 10.1. The van der Waals surface area contributed by atoms with Gasteiger partial charge in [0.25, 0.3) is 11.8 Å². The molecule has 0 spiro atoms. The minimum Gasteiger partial charge on any atom is -0.284 e. The SMILES string of the molecule is CN(Cc1c(F)cccc1Cl)CN1C(=O)c2ccccc2C1=O. The van der Waals surface area contributed by atoms with Crippen molar-refractivity contribution in [2.45, 2.75) is 6.54 Å². The fraction of sp³-hybridized carbons (Fsp3) is 0.176. The second kappa shape index (κ2) is 6.10. The molecule has 0 bridgehead atoms. The molecule has 0 N–H and O–H groups in total. The Morgan fingerprint density at radius 2 is 1.65 bits per heavy atom. The third-order valence-corrected chi connectivity index (χ3v) is 4.10. The van der Waals surface area contributed by atoms with E-state index in [4.69, 9.17) is 11.6 Å². The van der Waals surface area contributed by atoms with Crippen molar-refractivity contribution in [2.24, 2.45) is 0 Å². The van der Waals surface area contributed by atoms with Crippen LogP contribution in [0.25, 0.3) is 0 Å². The third-order valence-electron chi connectivity index (χ3n) is 3.75. The summed E-state index contributed by atoms with van der Waals surface area (Å²) >= 11 is 6.01. The number of fused-ring (bicyclic) bond motifs is 1. The highest BCUT2D eigenvalue weighted by Crippen LogP contribution is 2.24. The summed E-state index contributed by atoms with van der Waals surface area (Å²) in [4.78, 5) is 27.4. The van der Waals surface area contributed by atoms with E-state index in [9.17, 15) is 14.0 Å². The smallest absolute Gasteiger partial charge is 0.262 e. The van der Waals surface area contributed by atoms with Gasteiger partial charge in [0.05, 0.1) is 17.8 Å². The lowest BCUT2D eigenvalue weighted by Crippen LogP contribution is -2.39. The molecule has 23 heavy (non-hydrogen) atoms. The summed E-state index contributed by atoms with van der Waals surface area (Å²) in [5.41, 5.74) is 1.14. The Kier molecular flexibility index (Phi) is 4.15. The highest BCUT2D eigenvalue weighted by atomic mass is 35.5. The molecule has 118 valence electrons. The Morgan fingerprint density at radius 1 is 1.04 bits per heavy atom. The van der Waals surface area contributed by atoms with Crippen LogP contribution in [-0.2, 0) is 6.54 Å². The lowest BCUT2D eigenvalue weighted by Gasteiger charge is -2.23. The number of benzene rings is 2. The number of imide groups is 1. The molecule has 0 aromatic heterocycles. The number of carbonyl (C=O) groups excluding carboxylic acids is 2. The van der Waals surface area contributed by atoms with E-state index in [1.54, 1.807) is 42.3 Å². The summed E-state index contributed by atoms with van der Waals surface area (Å²) in [6.07, 6.45) is 0. The number of rotatable bonds is 4. The van der Waals surface area contributed by atoms with Crippen LogP contribution in [0.3, 0.4) is 0 Å². The fourth-order valence-electron chi connectivity index (χ4n) is 2.61. The van der Waals surface area contributed by atoms with Gasteiger partial charge in [-0.2, -0.15) is 0 Å². The molecule has 2 amide bonds. The predicted molar refractivity (Wildman–Crippen MR) is 84.7 cm³/mol. The van der Waals surface area contributed by atoms with Gasteiger partial charge in [-0.25, -0.2) is 4.39 Å². The van der Waals surface area contributed by atoms with Gasteiger partial charge in [0, 0.05) is 17.1 Å². The van der Waals surface area contributed by atoms with Crippen LogP contribution in [0.4, 0.5) is 4.39 Å². The van der Waals surface area contributed by atoms with Gasteiger partial charge in [-0.15, -0.1) is 0 Å². The highest BCUT2D eigenvalue weighted by molar-refractivity contribution is 6.31. The van der Waals surface area contributed by atoms with Crippen LogP contribution in [0.5, 0.6) is 0 Å². The average molecular weight is 333 g/mol. The molecule has 2 aromatic rings. The van der Waals surface area contributed by atoms with Crippen LogP contribution in [0.1, 0.15) is 26.3 Å². The van der Waals surface area contributed by atoms with Gasteiger partial charge in [0.2, 0.25) is 0 Å². The van der Waals surface area contributed by atoms with Gasteiger partial charge in [-0.1, -0.05) is 29.8 Å². The van der Waals surface area contributed by atoms with Gasteiger partial charge in [-0.3, -0.25) is 19.4 Å². The lowest BCUT2D eigenvalue weighted by molar-refractivity contribution is 0.0558. The number of halogens is 2. The maximum atomic E-state index is 13.8. The summed E-state index contributed by atoms with van der Waals surface area (Å²) in [5, 5.41) is 0.319. The second-order valence-corrected chi connectivity index (χ2v) is 5.85. The van der Waals surface area contributed by atoms with Gasteiger partial charge in [0.1, 0.15) is 5.82 Å². The van der Waals surface area contributed by atoms with E-state index in [0.29, 0.717) is 21.7 Å². The zero-order valence-electron chi connectivity index (χ0n) is 12.4. The first-order valence-corrected chi connectivity index (χ1v) is 7.43. The molecular weight excluding hydrogens is 319 g/mol. The minimum absolute atomic E-state index is 0.0665. The summed E-state index contributed by atoms with van der Waals surface area (Å²) in [7, 11) is 1.70. The predicted octanol–water partition coefficient (Wildman–Crippen LogP) is 3.16. The van der Waals surface area contributed by atoms with Crippen LogP contribution >= 0.6 is 11.6 Å². The first kappa shape index (κ1) is 15.6. The quantitative estimate of drug-likeness (QED) is 0.807. The molecule has 1 aliphatic rings. The molecule has 0 atom stereocenters. The van der Waals surface area contributed by atoms with Gasteiger partial charge in [-0.05, 0) is 31.3 Å². The second-order valence-electron chi connectivity index (χ2n) is 5.44. The topological polar surface area (TPSA) is 40.6 Å². The highest BCUT2D eigenvalue weighted by Gasteiger charge is 2.35.